The van der Waals surface area contributed by atoms with Crippen molar-refractivity contribution in [2.24, 2.45) is 4.99 Å². The minimum absolute atomic E-state index is 0.130. The highest BCUT2D eigenvalue weighted by atomic mass is 16.5. The average Bonchev–Trinajstić information content (AvgIpc) is 3.28. The summed E-state index contributed by atoms with van der Waals surface area (Å²) in [5, 5.41) is 3.50. The van der Waals surface area contributed by atoms with E-state index in [1.165, 1.54) is 16.8 Å². The minimum atomic E-state index is 0.130. The lowest BCUT2D eigenvalue weighted by atomic mass is 10.0. The van der Waals surface area contributed by atoms with Crippen molar-refractivity contribution in [1.82, 2.24) is 10.2 Å². The molecule has 4 rings (SSSR count). The van der Waals surface area contributed by atoms with E-state index >= 15 is 0 Å². The maximum absolute atomic E-state index is 5.61. The predicted molar refractivity (Wildman–Crippen MR) is 128 cm³/mol. The first-order valence-electron chi connectivity index (χ1n) is 11.4. The van der Waals surface area contributed by atoms with Gasteiger partial charge in [-0.25, -0.2) is 0 Å². The van der Waals surface area contributed by atoms with Crippen LogP contribution in [0.25, 0.3) is 0 Å². The van der Waals surface area contributed by atoms with Crippen LogP contribution in [0.15, 0.2) is 47.5 Å². The third kappa shape index (κ3) is 4.84. The van der Waals surface area contributed by atoms with Gasteiger partial charge in [0.25, 0.3) is 0 Å². The monoisotopic (exact) mass is 438 g/mol. The van der Waals surface area contributed by atoms with Crippen molar-refractivity contribution in [3.63, 3.8) is 0 Å². The number of hydrogen-bond donors (Lipinski definition) is 1. The lowest BCUT2D eigenvalue weighted by Crippen LogP contribution is -2.43. The number of para-hydroxylation sites is 1. The lowest BCUT2D eigenvalue weighted by Gasteiger charge is -2.34. The van der Waals surface area contributed by atoms with E-state index in [1.54, 1.807) is 14.2 Å². The van der Waals surface area contributed by atoms with Crippen molar-refractivity contribution < 1.29 is 14.2 Å². The molecule has 2 aliphatic rings. The number of hydrogen-bond acceptors (Lipinski definition) is 5. The molecule has 2 aromatic carbocycles. The zero-order chi connectivity index (χ0) is 22.3. The Hall–Kier alpha value is -2.77. The van der Waals surface area contributed by atoms with Crippen LogP contribution in [0.3, 0.4) is 0 Å². The molecule has 7 nitrogen and oxygen atoms in total. The fourth-order valence-electron chi connectivity index (χ4n) is 4.51. The van der Waals surface area contributed by atoms with E-state index in [0.29, 0.717) is 6.54 Å². The summed E-state index contributed by atoms with van der Waals surface area (Å²) in [5.74, 6) is 2.42. The van der Waals surface area contributed by atoms with Gasteiger partial charge in [-0.2, -0.15) is 0 Å². The van der Waals surface area contributed by atoms with Crippen LogP contribution in [-0.2, 0) is 11.2 Å². The summed E-state index contributed by atoms with van der Waals surface area (Å²) in [4.78, 5) is 9.88. The largest absolute Gasteiger partial charge is 0.493 e. The molecule has 32 heavy (non-hydrogen) atoms. The number of benzene rings is 2. The van der Waals surface area contributed by atoms with Crippen LogP contribution >= 0.6 is 0 Å². The molecule has 0 bridgehead atoms. The van der Waals surface area contributed by atoms with Gasteiger partial charge in [-0.1, -0.05) is 24.3 Å². The van der Waals surface area contributed by atoms with Crippen LogP contribution in [0.4, 0.5) is 5.69 Å². The fourth-order valence-corrected chi connectivity index (χ4v) is 4.51. The smallest absolute Gasteiger partial charge is 0.198 e. The summed E-state index contributed by atoms with van der Waals surface area (Å²) in [7, 11) is 3.34. The Kier molecular flexibility index (Phi) is 7.50. The number of fused-ring (bicyclic) bond motifs is 1. The van der Waals surface area contributed by atoms with E-state index in [4.69, 9.17) is 19.2 Å². The molecule has 2 heterocycles. The topological polar surface area (TPSA) is 58.6 Å². The van der Waals surface area contributed by atoms with Crippen molar-refractivity contribution in [1.29, 1.82) is 0 Å². The van der Waals surface area contributed by atoms with Gasteiger partial charge in [0, 0.05) is 31.9 Å². The van der Waals surface area contributed by atoms with Gasteiger partial charge in [-0.05, 0) is 42.7 Å². The maximum Gasteiger partial charge on any atom is 0.198 e. The Morgan fingerprint density at radius 1 is 1.06 bits per heavy atom. The van der Waals surface area contributed by atoms with Crippen LogP contribution < -0.4 is 19.7 Å². The van der Waals surface area contributed by atoms with Crippen LogP contribution in [0.5, 0.6) is 11.5 Å². The Labute approximate surface area is 191 Å². The molecular formula is C25H34N4O3. The zero-order valence-electron chi connectivity index (χ0n) is 19.3. The van der Waals surface area contributed by atoms with Crippen molar-refractivity contribution >= 4 is 11.6 Å². The second kappa shape index (κ2) is 10.7. The highest BCUT2D eigenvalue weighted by molar-refractivity contribution is 5.98. The third-order valence-corrected chi connectivity index (χ3v) is 6.17. The van der Waals surface area contributed by atoms with E-state index in [0.717, 1.165) is 63.3 Å². The van der Waals surface area contributed by atoms with Crippen molar-refractivity contribution in [2.45, 2.75) is 19.4 Å². The normalized spacial score (nSPS) is 17.7. The van der Waals surface area contributed by atoms with Gasteiger partial charge in [0.15, 0.2) is 17.5 Å². The van der Waals surface area contributed by atoms with Gasteiger partial charge in [0.1, 0.15) is 0 Å². The third-order valence-electron chi connectivity index (χ3n) is 6.17. The first-order chi connectivity index (χ1) is 15.7. The summed E-state index contributed by atoms with van der Waals surface area (Å²) < 4.78 is 16.6. The fraction of sp³-hybridized carbons (Fsp3) is 0.480. The SMILES string of the molecule is CCNC(=NCC(c1ccc(OC)c(OC)c1)N1CCOCC1)N1CCc2ccccc21. The van der Waals surface area contributed by atoms with Crippen molar-refractivity contribution in [2.75, 3.05) is 65.1 Å². The van der Waals surface area contributed by atoms with Crippen LogP contribution in [0.2, 0.25) is 0 Å². The van der Waals surface area contributed by atoms with Gasteiger partial charge >= 0.3 is 0 Å². The summed E-state index contributed by atoms with van der Waals surface area (Å²) >= 11 is 0. The molecule has 1 fully saturated rings. The number of ether oxygens (including phenoxy) is 3. The number of morpholine rings is 1. The predicted octanol–water partition coefficient (Wildman–Crippen LogP) is 3.11. The lowest BCUT2D eigenvalue weighted by molar-refractivity contribution is 0.0179. The Bertz CT molecular complexity index is 927. The molecule has 1 N–H and O–H groups in total. The standard InChI is InChI=1S/C25H34N4O3/c1-4-26-25(29-12-11-19-7-5-6-8-21(19)29)27-18-22(28-13-15-32-16-14-28)20-9-10-23(30-2)24(17-20)31-3/h5-10,17,22H,4,11-16,18H2,1-3H3,(H,26,27). The van der Waals surface area contributed by atoms with E-state index < -0.39 is 0 Å². The summed E-state index contributed by atoms with van der Waals surface area (Å²) in [6.07, 6.45) is 1.04. The first kappa shape index (κ1) is 22.4. The molecule has 1 saturated heterocycles. The molecule has 172 valence electrons. The van der Waals surface area contributed by atoms with E-state index in [-0.39, 0.29) is 6.04 Å². The van der Waals surface area contributed by atoms with Gasteiger partial charge in [0.2, 0.25) is 0 Å². The molecule has 0 saturated carbocycles. The Morgan fingerprint density at radius 2 is 1.84 bits per heavy atom. The van der Waals surface area contributed by atoms with E-state index in [9.17, 15) is 0 Å². The van der Waals surface area contributed by atoms with E-state index in [2.05, 4.69) is 58.4 Å². The molecule has 0 radical (unpaired) electrons. The Morgan fingerprint density at radius 3 is 2.59 bits per heavy atom. The summed E-state index contributed by atoms with van der Waals surface area (Å²) in [6, 6.07) is 14.9. The van der Waals surface area contributed by atoms with Gasteiger partial charge in [-0.3, -0.25) is 9.89 Å². The second-order valence-corrected chi connectivity index (χ2v) is 8.00. The number of guanidine groups is 1. The number of nitrogens with zero attached hydrogens (tertiary/aromatic N) is 3. The molecule has 0 aromatic heterocycles. The quantitative estimate of drug-likeness (QED) is 0.530. The molecule has 7 heteroatoms. The number of methoxy groups -OCH3 is 2. The average molecular weight is 439 g/mol. The number of anilines is 1. The number of aliphatic imine (C=N–C) groups is 1. The molecule has 1 atom stereocenters. The van der Waals surface area contributed by atoms with Crippen molar-refractivity contribution in [3.05, 3.63) is 53.6 Å². The zero-order valence-corrected chi connectivity index (χ0v) is 19.3. The highest BCUT2D eigenvalue weighted by Gasteiger charge is 2.26. The molecule has 0 spiro atoms. The molecule has 2 aliphatic heterocycles. The van der Waals surface area contributed by atoms with Crippen LogP contribution in [0, 0.1) is 0 Å². The van der Waals surface area contributed by atoms with Crippen LogP contribution in [-0.4, -0.2) is 71.0 Å². The molecule has 0 amide bonds. The number of rotatable bonds is 7. The highest BCUT2D eigenvalue weighted by Crippen LogP contribution is 2.33. The van der Waals surface area contributed by atoms with Gasteiger partial charge in [0.05, 0.1) is 40.0 Å². The van der Waals surface area contributed by atoms with Crippen LogP contribution in [0.1, 0.15) is 24.1 Å². The second-order valence-electron chi connectivity index (χ2n) is 8.00. The minimum Gasteiger partial charge on any atom is -0.493 e. The number of nitrogens with one attached hydrogen (secondary N) is 1. The van der Waals surface area contributed by atoms with Crippen molar-refractivity contribution in [3.8, 4) is 11.5 Å². The Balaban J connectivity index is 1.63. The molecular weight excluding hydrogens is 404 g/mol. The molecule has 0 aliphatic carbocycles. The van der Waals surface area contributed by atoms with Gasteiger partial charge in [-0.15, -0.1) is 0 Å². The molecule has 1 unspecified atom stereocenters. The van der Waals surface area contributed by atoms with E-state index in [1.807, 2.05) is 6.07 Å². The maximum atomic E-state index is 5.61. The summed E-state index contributed by atoms with van der Waals surface area (Å²) in [5.41, 5.74) is 3.80. The summed E-state index contributed by atoms with van der Waals surface area (Å²) in [6.45, 7) is 7.80. The molecule has 2 aromatic rings. The first-order valence-corrected chi connectivity index (χ1v) is 11.4. The van der Waals surface area contributed by atoms with Gasteiger partial charge < -0.3 is 24.4 Å².